The Hall–Kier alpha value is -2.79. The molecule has 0 spiro atoms. The zero-order valence-corrected chi connectivity index (χ0v) is 15.6. The van der Waals surface area contributed by atoms with Crippen LogP contribution >= 0.6 is 11.6 Å². The van der Waals surface area contributed by atoms with Gasteiger partial charge in [0.15, 0.2) is 0 Å². The van der Waals surface area contributed by atoms with Crippen molar-refractivity contribution < 1.29 is 9.90 Å². The molecule has 0 aliphatic carbocycles. The first-order valence-electron chi connectivity index (χ1n) is 8.19. The van der Waals surface area contributed by atoms with Crippen LogP contribution in [-0.2, 0) is 4.79 Å². The highest BCUT2D eigenvalue weighted by molar-refractivity contribution is 6.35. The highest BCUT2D eigenvalue weighted by Crippen LogP contribution is 2.38. The molecule has 3 rings (SSSR count). The lowest BCUT2D eigenvalue weighted by Crippen LogP contribution is -2.27. The summed E-state index contributed by atoms with van der Waals surface area (Å²) < 4.78 is 0. The average Bonchev–Trinajstić information content (AvgIpc) is 2.63. The number of carbonyl (C=O) groups excluding carboxylic acids is 1. The number of amides is 1. The third-order valence-corrected chi connectivity index (χ3v) is 4.56. The molecule has 5 nitrogen and oxygen atoms in total. The molecule has 0 saturated heterocycles. The smallest absolute Gasteiger partial charge is 0.217 e. The van der Waals surface area contributed by atoms with E-state index in [4.69, 9.17) is 11.6 Å². The lowest BCUT2D eigenvalue weighted by Gasteiger charge is -2.22. The number of pyridine rings is 1. The number of fused-ring (bicyclic) bond motifs is 1. The Balaban J connectivity index is 2.15. The number of phenols is 1. The molecule has 2 aromatic carbocycles. The van der Waals surface area contributed by atoms with Crippen molar-refractivity contribution in [3.05, 3.63) is 64.8 Å². The van der Waals surface area contributed by atoms with Gasteiger partial charge in [-0.25, -0.2) is 0 Å². The third-order valence-electron chi connectivity index (χ3n) is 4.25. The highest BCUT2D eigenvalue weighted by atomic mass is 35.5. The summed E-state index contributed by atoms with van der Waals surface area (Å²) in [5.74, 6) is -0.191. The van der Waals surface area contributed by atoms with Crippen LogP contribution in [0.25, 0.3) is 10.9 Å². The highest BCUT2D eigenvalue weighted by Gasteiger charge is 2.22. The van der Waals surface area contributed by atoms with Crippen LogP contribution in [0.15, 0.2) is 48.7 Å². The van der Waals surface area contributed by atoms with Crippen LogP contribution in [-0.4, -0.2) is 30.1 Å². The monoisotopic (exact) mass is 369 g/mol. The van der Waals surface area contributed by atoms with E-state index in [0.29, 0.717) is 21.5 Å². The normalized spacial score (nSPS) is 12.0. The number of aromatic nitrogens is 1. The Morgan fingerprint density at radius 3 is 2.54 bits per heavy atom. The average molecular weight is 370 g/mol. The lowest BCUT2D eigenvalue weighted by molar-refractivity contribution is -0.119. The van der Waals surface area contributed by atoms with Crippen LogP contribution in [0.2, 0.25) is 5.02 Å². The van der Waals surface area contributed by atoms with Crippen molar-refractivity contribution in [2.75, 3.05) is 19.0 Å². The molecule has 26 heavy (non-hydrogen) atoms. The summed E-state index contributed by atoms with van der Waals surface area (Å²) >= 11 is 6.40. The van der Waals surface area contributed by atoms with E-state index in [2.05, 4.69) is 10.3 Å². The maximum absolute atomic E-state index is 11.8. The molecule has 6 heteroatoms. The summed E-state index contributed by atoms with van der Waals surface area (Å²) in [6.07, 6.45) is 1.60. The summed E-state index contributed by atoms with van der Waals surface area (Å²) in [7, 11) is 3.92. The number of benzene rings is 2. The fraction of sp³-hybridized carbons (Fsp3) is 0.200. The molecule has 1 aromatic heterocycles. The Labute approximate surface area is 157 Å². The van der Waals surface area contributed by atoms with Gasteiger partial charge in [-0.05, 0) is 35.9 Å². The van der Waals surface area contributed by atoms with Crippen molar-refractivity contribution in [3.63, 3.8) is 0 Å². The van der Waals surface area contributed by atoms with Crippen molar-refractivity contribution in [2.45, 2.75) is 13.0 Å². The largest absolute Gasteiger partial charge is 0.505 e. The predicted octanol–water partition coefficient (Wildman–Crippen LogP) is 3.89. The van der Waals surface area contributed by atoms with Gasteiger partial charge < -0.3 is 15.3 Å². The molecule has 2 N–H and O–H groups in total. The van der Waals surface area contributed by atoms with Crippen LogP contribution in [0.3, 0.4) is 0 Å². The topological polar surface area (TPSA) is 65.5 Å². The van der Waals surface area contributed by atoms with Crippen molar-refractivity contribution in [2.24, 2.45) is 0 Å². The molecule has 1 amide bonds. The first kappa shape index (κ1) is 18.0. The number of phenolic OH excluding ortho intramolecular Hbond substituents is 1. The van der Waals surface area contributed by atoms with Gasteiger partial charge in [0.05, 0.1) is 11.1 Å². The number of nitrogens with zero attached hydrogens (tertiary/aromatic N) is 2. The van der Waals surface area contributed by atoms with Gasteiger partial charge in [0.1, 0.15) is 11.3 Å². The minimum absolute atomic E-state index is 0.0143. The number of rotatable bonds is 4. The zero-order valence-electron chi connectivity index (χ0n) is 14.8. The first-order valence-corrected chi connectivity index (χ1v) is 8.56. The van der Waals surface area contributed by atoms with Gasteiger partial charge in [-0.15, -0.1) is 0 Å². The van der Waals surface area contributed by atoms with E-state index in [1.807, 2.05) is 43.3 Å². The van der Waals surface area contributed by atoms with Gasteiger partial charge in [0.2, 0.25) is 5.91 Å². The number of nitrogens with one attached hydrogen (secondary N) is 1. The maximum Gasteiger partial charge on any atom is 0.217 e. The Morgan fingerprint density at radius 1 is 1.23 bits per heavy atom. The summed E-state index contributed by atoms with van der Waals surface area (Å²) in [6.45, 7) is 1.44. The molecule has 3 aromatic rings. The minimum atomic E-state index is -0.535. The van der Waals surface area contributed by atoms with Crippen LogP contribution < -0.4 is 10.2 Å². The molecule has 1 atom stereocenters. The van der Waals surface area contributed by atoms with E-state index in [1.54, 1.807) is 24.4 Å². The SMILES string of the molecule is CC(=O)N[C@H](c1ccc(N(C)C)cc1)c1cc(Cl)c2cccnc2c1O. The van der Waals surface area contributed by atoms with Gasteiger partial charge in [-0.1, -0.05) is 23.7 Å². The van der Waals surface area contributed by atoms with Crippen molar-refractivity contribution in [3.8, 4) is 5.75 Å². The van der Waals surface area contributed by atoms with Gasteiger partial charge in [0.25, 0.3) is 0 Å². The summed E-state index contributed by atoms with van der Waals surface area (Å²) in [5.41, 5.74) is 2.80. The number of hydrogen-bond acceptors (Lipinski definition) is 4. The van der Waals surface area contributed by atoms with Crippen molar-refractivity contribution >= 4 is 34.1 Å². The van der Waals surface area contributed by atoms with E-state index in [1.165, 1.54) is 6.92 Å². The van der Waals surface area contributed by atoms with Crippen LogP contribution in [0, 0.1) is 0 Å². The van der Waals surface area contributed by atoms with Gasteiger partial charge in [-0.2, -0.15) is 0 Å². The van der Waals surface area contributed by atoms with E-state index < -0.39 is 6.04 Å². The summed E-state index contributed by atoms with van der Waals surface area (Å²) in [6, 6.07) is 12.5. The molecular formula is C20H20ClN3O2. The number of halogens is 1. The minimum Gasteiger partial charge on any atom is -0.505 e. The van der Waals surface area contributed by atoms with E-state index in [0.717, 1.165) is 11.3 Å². The maximum atomic E-state index is 11.8. The third kappa shape index (κ3) is 3.44. The second-order valence-corrected chi connectivity index (χ2v) is 6.72. The second kappa shape index (κ2) is 7.22. The molecule has 0 saturated carbocycles. The fourth-order valence-corrected chi connectivity index (χ4v) is 3.20. The quantitative estimate of drug-likeness (QED) is 0.732. The molecule has 0 aliphatic heterocycles. The van der Waals surface area contributed by atoms with Crippen molar-refractivity contribution in [1.29, 1.82) is 0 Å². The second-order valence-electron chi connectivity index (χ2n) is 6.32. The van der Waals surface area contributed by atoms with Crippen molar-refractivity contribution in [1.82, 2.24) is 10.3 Å². The van der Waals surface area contributed by atoms with Gasteiger partial charge in [-0.3, -0.25) is 9.78 Å². The Morgan fingerprint density at radius 2 is 1.92 bits per heavy atom. The first-order chi connectivity index (χ1) is 12.4. The van der Waals surface area contributed by atoms with Crippen LogP contribution in [0.4, 0.5) is 5.69 Å². The molecule has 0 unspecified atom stereocenters. The van der Waals surface area contributed by atoms with E-state index in [9.17, 15) is 9.90 Å². The van der Waals surface area contributed by atoms with Gasteiger partial charge in [0, 0.05) is 43.9 Å². The predicted molar refractivity (Wildman–Crippen MR) is 105 cm³/mol. The van der Waals surface area contributed by atoms with Gasteiger partial charge >= 0.3 is 0 Å². The number of aromatic hydroxyl groups is 1. The standard InChI is InChI=1S/C20H20ClN3O2/c1-12(25)23-18(13-6-8-14(9-7-13)24(2)3)16-11-17(21)15-5-4-10-22-19(15)20(16)26/h4-11,18,26H,1-3H3,(H,23,25)/t18-/m1/s1. The molecular weight excluding hydrogens is 350 g/mol. The zero-order chi connectivity index (χ0) is 18.8. The van der Waals surface area contributed by atoms with Crippen LogP contribution in [0.5, 0.6) is 5.75 Å². The molecule has 0 aliphatic rings. The Kier molecular flexibility index (Phi) is 5.00. The molecule has 1 heterocycles. The molecule has 0 radical (unpaired) electrons. The lowest BCUT2D eigenvalue weighted by atomic mass is 9.96. The fourth-order valence-electron chi connectivity index (χ4n) is 2.93. The summed E-state index contributed by atoms with van der Waals surface area (Å²) in [5, 5.41) is 14.8. The number of anilines is 1. The number of hydrogen-bond donors (Lipinski definition) is 2. The van der Waals surface area contributed by atoms with Crippen LogP contribution in [0.1, 0.15) is 24.1 Å². The Bertz CT molecular complexity index is 955. The molecule has 134 valence electrons. The van der Waals surface area contributed by atoms with E-state index >= 15 is 0 Å². The van der Waals surface area contributed by atoms with E-state index in [-0.39, 0.29) is 11.7 Å². The summed E-state index contributed by atoms with van der Waals surface area (Å²) in [4.78, 5) is 18.0. The molecule has 0 fully saturated rings. The molecule has 0 bridgehead atoms. The number of carbonyl (C=O) groups is 1.